The van der Waals surface area contributed by atoms with E-state index in [-0.39, 0.29) is 17.3 Å². The second-order valence-electron chi connectivity index (χ2n) is 9.20. The lowest BCUT2D eigenvalue weighted by molar-refractivity contribution is -0.141. The first kappa shape index (κ1) is 18.7. The van der Waals surface area contributed by atoms with Crippen LogP contribution in [0.15, 0.2) is 29.0 Å². The van der Waals surface area contributed by atoms with E-state index in [4.69, 9.17) is 18.9 Å². The van der Waals surface area contributed by atoms with Crippen molar-refractivity contribution in [3.63, 3.8) is 0 Å². The summed E-state index contributed by atoms with van der Waals surface area (Å²) in [6.45, 7) is 12.6. The highest BCUT2D eigenvalue weighted by Crippen LogP contribution is 2.59. The van der Waals surface area contributed by atoms with Crippen molar-refractivity contribution in [2.75, 3.05) is 13.7 Å². The van der Waals surface area contributed by atoms with Crippen LogP contribution in [0.5, 0.6) is 11.5 Å². The van der Waals surface area contributed by atoms with E-state index >= 15 is 0 Å². The van der Waals surface area contributed by atoms with Crippen LogP contribution in [0.4, 0.5) is 0 Å². The number of benzene rings is 1. The molecule has 1 aromatic carbocycles. The summed E-state index contributed by atoms with van der Waals surface area (Å²) in [6.07, 6.45) is 0. The molecule has 0 bridgehead atoms. The maximum absolute atomic E-state index is 13.7. The van der Waals surface area contributed by atoms with Crippen molar-refractivity contribution in [3.8, 4) is 11.5 Å². The zero-order valence-corrected chi connectivity index (χ0v) is 17.9. The molecule has 4 rings (SSSR count). The number of fused-ring (bicyclic) bond motifs is 4. The topological polar surface area (TPSA) is 54.0 Å². The third-order valence-corrected chi connectivity index (χ3v) is 8.53. The Morgan fingerprint density at radius 3 is 2.52 bits per heavy atom. The van der Waals surface area contributed by atoms with E-state index in [2.05, 4.69) is 0 Å². The third kappa shape index (κ3) is 2.45. The number of ether oxygens (including phenoxy) is 4. The predicted octanol–water partition coefficient (Wildman–Crippen LogP) is 4.31. The summed E-state index contributed by atoms with van der Waals surface area (Å²) in [5.41, 5.74) is 0.169. The quantitative estimate of drug-likeness (QED) is 0.713. The molecule has 5 nitrogen and oxygen atoms in total. The van der Waals surface area contributed by atoms with Gasteiger partial charge in [0.15, 0.2) is 16.4 Å². The number of hydrogen-bond acceptors (Lipinski definition) is 5. The number of hydrogen-bond donors (Lipinski definition) is 0. The first-order valence-electron chi connectivity index (χ1n) is 9.35. The standard InChI is InChI=1S/C21H28O5S/c1-19(2,3)21(6)26-18-17(27(21)22)15-12-9-8-10-14(23-7)16(12)24-11-13(15)20(4,5)25-18/h8-10,13,15H,11H2,1-7H3/t13-,15+,21-,27?/m0/s1. The lowest BCUT2D eigenvalue weighted by Crippen LogP contribution is -2.47. The average Bonchev–Trinajstić information content (AvgIpc) is 2.84. The van der Waals surface area contributed by atoms with Gasteiger partial charge in [-0.3, -0.25) is 4.21 Å². The molecule has 0 aliphatic carbocycles. The van der Waals surface area contributed by atoms with E-state index in [1.54, 1.807) is 7.11 Å². The Hall–Kier alpha value is -1.69. The number of para-hydroxylation sites is 1. The first-order valence-corrected chi connectivity index (χ1v) is 10.5. The maximum atomic E-state index is 13.7. The fourth-order valence-electron chi connectivity index (χ4n) is 4.11. The summed E-state index contributed by atoms with van der Waals surface area (Å²) < 4.78 is 37.8. The average molecular weight is 393 g/mol. The molecule has 0 saturated carbocycles. The van der Waals surface area contributed by atoms with Crippen molar-refractivity contribution < 1.29 is 23.2 Å². The molecular formula is C21H28O5S. The Morgan fingerprint density at radius 2 is 1.89 bits per heavy atom. The van der Waals surface area contributed by atoms with Crippen molar-refractivity contribution in [2.45, 2.75) is 58.0 Å². The minimum absolute atomic E-state index is 0.0331. The first-order chi connectivity index (χ1) is 12.5. The zero-order chi connectivity index (χ0) is 19.8. The van der Waals surface area contributed by atoms with Crippen LogP contribution in [-0.4, -0.2) is 28.5 Å². The maximum Gasteiger partial charge on any atom is 0.294 e. The minimum atomic E-state index is -1.34. The molecule has 0 spiro atoms. The molecule has 0 aromatic heterocycles. The summed E-state index contributed by atoms with van der Waals surface area (Å²) >= 11 is 0. The van der Waals surface area contributed by atoms with Crippen molar-refractivity contribution in [1.82, 2.24) is 0 Å². The molecule has 1 unspecified atom stereocenters. The third-order valence-electron chi connectivity index (χ3n) is 6.31. The summed E-state index contributed by atoms with van der Waals surface area (Å²) in [5.74, 6) is 1.79. The normalized spacial score (nSPS) is 33.8. The van der Waals surface area contributed by atoms with Gasteiger partial charge in [-0.05, 0) is 26.8 Å². The highest BCUT2D eigenvalue weighted by molar-refractivity contribution is 7.90. The summed E-state index contributed by atoms with van der Waals surface area (Å²) in [4.78, 5) is -0.102. The molecule has 0 saturated heterocycles. The van der Waals surface area contributed by atoms with Crippen molar-refractivity contribution in [3.05, 3.63) is 34.6 Å². The molecule has 3 aliphatic rings. The highest BCUT2D eigenvalue weighted by atomic mass is 32.2. The fourth-order valence-corrected chi connectivity index (χ4v) is 6.00. The molecule has 6 heteroatoms. The molecule has 0 N–H and O–H groups in total. The van der Waals surface area contributed by atoms with Gasteiger partial charge >= 0.3 is 0 Å². The van der Waals surface area contributed by atoms with Crippen LogP contribution in [0.2, 0.25) is 0 Å². The van der Waals surface area contributed by atoms with Crippen LogP contribution in [0, 0.1) is 11.3 Å². The van der Waals surface area contributed by atoms with Gasteiger partial charge < -0.3 is 18.9 Å². The molecule has 0 amide bonds. The number of allylic oxidation sites excluding steroid dienone is 1. The Morgan fingerprint density at radius 1 is 1.19 bits per heavy atom. The van der Waals surface area contributed by atoms with E-state index in [9.17, 15) is 4.21 Å². The highest BCUT2D eigenvalue weighted by Gasteiger charge is 2.61. The van der Waals surface area contributed by atoms with Gasteiger partial charge in [0, 0.05) is 22.8 Å². The molecule has 4 atom stereocenters. The van der Waals surface area contributed by atoms with Gasteiger partial charge in [-0.25, -0.2) is 0 Å². The Labute approximate surface area is 163 Å². The molecule has 27 heavy (non-hydrogen) atoms. The fraction of sp³-hybridized carbons (Fsp3) is 0.619. The van der Waals surface area contributed by atoms with E-state index in [0.717, 1.165) is 16.2 Å². The zero-order valence-electron chi connectivity index (χ0n) is 17.0. The van der Waals surface area contributed by atoms with Crippen LogP contribution in [0.3, 0.4) is 0 Å². The van der Waals surface area contributed by atoms with E-state index < -0.39 is 21.3 Å². The Bertz CT molecular complexity index is 851. The summed E-state index contributed by atoms with van der Waals surface area (Å²) in [5, 5.41) is 0. The monoisotopic (exact) mass is 392 g/mol. The molecular weight excluding hydrogens is 364 g/mol. The van der Waals surface area contributed by atoms with Gasteiger partial charge in [-0.1, -0.05) is 32.9 Å². The van der Waals surface area contributed by atoms with Gasteiger partial charge in [-0.2, -0.15) is 0 Å². The lowest BCUT2D eigenvalue weighted by Gasteiger charge is -2.45. The van der Waals surface area contributed by atoms with E-state index in [0.29, 0.717) is 18.3 Å². The van der Waals surface area contributed by atoms with Crippen LogP contribution in [0.25, 0.3) is 0 Å². The van der Waals surface area contributed by atoms with Crippen LogP contribution < -0.4 is 9.47 Å². The van der Waals surface area contributed by atoms with Crippen LogP contribution in [0.1, 0.15) is 53.0 Å². The van der Waals surface area contributed by atoms with Gasteiger partial charge in [-0.15, -0.1) is 0 Å². The van der Waals surface area contributed by atoms with Crippen LogP contribution in [-0.2, 0) is 20.3 Å². The molecule has 1 aromatic rings. The van der Waals surface area contributed by atoms with Crippen LogP contribution >= 0.6 is 0 Å². The van der Waals surface area contributed by atoms with E-state index in [1.807, 2.05) is 59.7 Å². The Kier molecular flexibility index (Phi) is 3.91. The molecule has 0 fully saturated rings. The molecule has 3 heterocycles. The summed E-state index contributed by atoms with van der Waals surface area (Å²) in [7, 11) is 0.293. The minimum Gasteiger partial charge on any atom is -0.493 e. The van der Waals surface area contributed by atoms with Gasteiger partial charge in [0.25, 0.3) is 5.95 Å². The second-order valence-corrected chi connectivity index (χ2v) is 11.0. The second kappa shape index (κ2) is 5.66. The van der Waals surface area contributed by atoms with Gasteiger partial charge in [0.1, 0.15) is 21.3 Å². The van der Waals surface area contributed by atoms with Gasteiger partial charge in [0.2, 0.25) is 0 Å². The van der Waals surface area contributed by atoms with Crippen molar-refractivity contribution in [2.24, 2.45) is 11.3 Å². The Balaban J connectivity index is 1.91. The van der Waals surface area contributed by atoms with Gasteiger partial charge in [0.05, 0.1) is 13.7 Å². The number of methoxy groups -OCH3 is 1. The lowest BCUT2D eigenvalue weighted by atomic mass is 9.73. The molecule has 0 radical (unpaired) electrons. The smallest absolute Gasteiger partial charge is 0.294 e. The van der Waals surface area contributed by atoms with E-state index in [1.165, 1.54) is 0 Å². The predicted molar refractivity (Wildman–Crippen MR) is 104 cm³/mol. The van der Waals surface area contributed by atoms with Crippen molar-refractivity contribution >= 4 is 10.8 Å². The molecule has 148 valence electrons. The van der Waals surface area contributed by atoms with Crippen molar-refractivity contribution in [1.29, 1.82) is 0 Å². The molecule has 3 aliphatic heterocycles. The largest absolute Gasteiger partial charge is 0.493 e. The SMILES string of the molecule is COc1cccc2c1OC[C@H]1[C@@H]2C2=C(OC1(C)C)O[C@](C)(C(C)(C)C)S2=O. The number of rotatable bonds is 1. The summed E-state index contributed by atoms with van der Waals surface area (Å²) in [6, 6.07) is 5.87.